The Balaban J connectivity index is 1.94. The van der Waals surface area contributed by atoms with Gasteiger partial charge < -0.3 is 10.0 Å². The van der Waals surface area contributed by atoms with Gasteiger partial charge in [-0.05, 0) is 32.1 Å². The topological polar surface area (TPSA) is 40.5 Å². The van der Waals surface area contributed by atoms with E-state index in [1.807, 2.05) is 0 Å². The number of rotatable bonds is 2. The Kier molecular flexibility index (Phi) is 2.75. The number of hydrogen-bond donors (Lipinski definition) is 1. The van der Waals surface area contributed by atoms with Crippen molar-refractivity contribution in [2.45, 2.75) is 32.1 Å². The molecule has 0 saturated carbocycles. The summed E-state index contributed by atoms with van der Waals surface area (Å²) in [4.78, 5) is 13.0. The van der Waals surface area contributed by atoms with Gasteiger partial charge in [-0.1, -0.05) is 6.08 Å². The lowest BCUT2D eigenvalue weighted by molar-refractivity contribution is -0.141. The smallest absolute Gasteiger partial charge is 0.308 e. The molecule has 0 amide bonds. The van der Waals surface area contributed by atoms with Crippen LogP contribution in [0.2, 0.25) is 0 Å². The van der Waals surface area contributed by atoms with Gasteiger partial charge in [0.15, 0.2) is 0 Å². The highest BCUT2D eigenvalue weighted by Gasteiger charge is 2.29. The minimum absolute atomic E-state index is 0.141. The molecule has 1 atom stereocenters. The molecule has 0 radical (unpaired) electrons. The van der Waals surface area contributed by atoms with Gasteiger partial charge in [0, 0.05) is 18.8 Å². The lowest BCUT2D eigenvalue weighted by Gasteiger charge is -2.24. The fourth-order valence-corrected chi connectivity index (χ4v) is 2.33. The second kappa shape index (κ2) is 4.03. The summed E-state index contributed by atoms with van der Waals surface area (Å²) in [5.41, 5.74) is 1.39. The molecule has 1 saturated heterocycles. The van der Waals surface area contributed by atoms with E-state index in [0.29, 0.717) is 0 Å². The van der Waals surface area contributed by atoms with Crippen LogP contribution in [0.3, 0.4) is 0 Å². The standard InChI is InChI=1S/C11H17NO2/c13-11(14)9-6-7-12(8-9)10-4-2-1-3-5-10/h4,9H,1-3,5-8H2,(H,13,14)/t9-/m1/s1. The van der Waals surface area contributed by atoms with Crippen molar-refractivity contribution in [1.82, 2.24) is 4.90 Å². The van der Waals surface area contributed by atoms with Crippen molar-refractivity contribution in [3.05, 3.63) is 11.8 Å². The second-order valence-electron chi connectivity index (χ2n) is 4.21. The van der Waals surface area contributed by atoms with Gasteiger partial charge in [-0.25, -0.2) is 0 Å². The van der Waals surface area contributed by atoms with Gasteiger partial charge in [-0.2, -0.15) is 0 Å². The molecule has 0 aromatic carbocycles. The predicted octanol–water partition coefficient (Wildman–Crippen LogP) is 1.85. The Hall–Kier alpha value is -0.990. The van der Waals surface area contributed by atoms with Crippen molar-refractivity contribution in [2.24, 2.45) is 5.92 Å². The minimum Gasteiger partial charge on any atom is -0.481 e. The van der Waals surface area contributed by atoms with E-state index >= 15 is 0 Å². The normalized spacial score (nSPS) is 27.6. The SMILES string of the molecule is O=C(O)[C@@H]1CCN(C2=CCCCC2)C1. The molecule has 3 heteroatoms. The Morgan fingerprint density at radius 2 is 2.36 bits per heavy atom. The van der Waals surface area contributed by atoms with Crippen molar-refractivity contribution in [3.8, 4) is 0 Å². The third-order valence-corrected chi connectivity index (χ3v) is 3.21. The fourth-order valence-electron chi connectivity index (χ4n) is 2.33. The first kappa shape index (κ1) is 9.56. The van der Waals surface area contributed by atoms with E-state index in [1.54, 1.807) is 0 Å². The summed E-state index contributed by atoms with van der Waals surface area (Å²) >= 11 is 0. The Labute approximate surface area is 84.4 Å². The first-order valence-electron chi connectivity index (χ1n) is 5.44. The van der Waals surface area contributed by atoms with Gasteiger partial charge in [0.2, 0.25) is 0 Å². The third-order valence-electron chi connectivity index (χ3n) is 3.21. The number of likely N-dealkylation sites (tertiary alicyclic amines) is 1. The quantitative estimate of drug-likeness (QED) is 0.731. The molecule has 1 heterocycles. The summed E-state index contributed by atoms with van der Waals surface area (Å²) in [6.45, 7) is 1.66. The zero-order chi connectivity index (χ0) is 9.97. The van der Waals surface area contributed by atoms with Crippen molar-refractivity contribution < 1.29 is 9.90 Å². The number of carboxylic acids is 1. The number of nitrogens with zero attached hydrogens (tertiary/aromatic N) is 1. The van der Waals surface area contributed by atoms with Crippen LogP contribution in [0.25, 0.3) is 0 Å². The highest BCUT2D eigenvalue weighted by Crippen LogP contribution is 2.26. The molecule has 2 rings (SSSR count). The molecule has 2 aliphatic rings. The van der Waals surface area contributed by atoms with Crippen molar-refractivity contribution in [2.75, 3.05) is 13.1 Å². The van der Waals surface area contributed by atoms with E-state index in [9.17, 15) is 4.79 Å². The van der Waals surface area contributed by atoms with Crippen LogP contribution in [-0.4, -0.2) is 29.1 Å². The van der Waals surface area contributed by atoms with E-state index in [2.05, 4.69) is 11.0 Å². The largest absolute Gasteiger partial charge is 0.481 e. The molecule has 1 aliphatic carbocycles. The van der Waals surface area contributed by atoms with Gasteiger partial charge in [0.1, 0.15) is 0 Å². The van der Waals surface area contributed by atoms with Crippen molar-refractivity contribution >= 4 is 5.97 Å². The van der Waals surface area contributed by atoms with E-state index in [-0.39, 0.29) is 5.92 Å². The number of carboxylic acid groups (broad SMARTS) is 1. The maximum Gasteiger partial charge on any atom is 0.308 e. The number of allylic oxidation sites excluding steroid dienone is 2. The summed E-state index contributed by atoms with van der Waals surface area (Å²) in [7, 11) is 0. The van der Waals surface area contributed by atoms with Gasteiger partial charge in [0.05, 0.1) is 5.92 Å². The molecule has 0 aromatic rings. The van der Waals surface area contributed by atoms with E-state index in [4.69, 9.17) is 5.11 Å². The van der Waals surface area contributed by atoms with Crippen molar-refractivity contribution in [1.29, 1.82) is 0 Å². The lowest BCUT2D eigenvalue weighted by Crippen LogP contribution is -2.23. The molecule has 0 unspecified atom stereocenters. The molecular formula is C11H17NO2. The highest BCUT2D eigenvalue weighted by atomic mass is 16.4. The summed E-state index contributed by atoms with van der Waals surface area (Å²) in [6.07, 6.45) is 7.97. The zero-order valence-corrected chi connectivity index (χ0v) is 8.41. The number of aliphatic carboxylic acids is 1. The second-order valence-corrected chi connectivity index (χ2v) is 4.21. The molecule has 3 nitrogen and oxygen atoms in total. The minimum atomic E-state index is -0.635. The van der Waals surface area contributed by atoms with E-state index in [0.717, 1.165) is 25.9 Å². The molecule has 14 heavy (non-hydrogen) atoms. The van der Waals surface area contributed by atoms with Crippen LogP contribution in [0.4, 0.5) is 0 Å². The molecule has 1 N–H and O–H groups in total. The first-order valence-corrected chi connectivity index (χ1v) is 5.44. The average molecular weight is 195 g/mol. The molecular weight excluding hydrogens is 178 g/mol. The molecule has 78 valence electrons. The van der Waals surface area contributed by atoms with Crippen LogP contribution in [0, 0.1) is 5.92 Å². The third kappa shape index (κ3) is 1.91. The van der Waals surface area contributed by atoms with Crippen LogP contribution < -0.4 is 0 Å². The summed E-state index contributed by atoms with van der Waals surface area (Å²) < 4.78 is 0. The van der Waals surface area contributed by atoms with E-state index in [1.165, 1.54) is 25.0 Å². The van der Waals surface area contributed by atoms with Gasteiger partial charge in [-0.3, -0.25) is 4.79 Å². The number of carbonyl (C=O) groups is 1. The van der Waals surface area contributed by atoms with Crippen molar-refractivity contribution in [3.63, 3.8) is 0 Å². The Morgan fingerprint density at radius 1 is 1.50 bits per heavy atom. The highest BCUT2D eigenvalue weighted by molar-refractivity contribution is 5.70. The van der Waals surface area contributed by atoms with Crippen LogP contribution in [0.1, 0.15) is 32.1 Å². The predicted molar refractivity (Wildman–Crippen MR) is 53.9 cm³/mol. The maximum atomic E-state index is 10.8. The Morgan fingerprint density at radius 3 is 2.93 bits per heavy atom. The molecule has 1 fully saturated rings. The monoisotopic (exact) mass is 195 g/mol. The summed E-state index contributed by atoms with van der Waals surface area (Å²) in [5, 5.41) is 8.88. The molecule has 1 aliphatic heterocycles. The molecule has 0 aromatic heterocycles. The zero-order valence-electron chi connectivity index (χ0n) is 8.41. The lowest BCUT2D eigenvalue weighted by atomic mass is 10.0. The molecule has 0 spiro atoms. The van der Waals surface area contributed by atoms with Crippen LogP contribution in [-0.2, 0) is 4.79 Å². The average Bonchev–Trinajstić information content (AvgIpc) is 2.68. The molecule has 0 bridgehead atoms. The van der Waals surface area contributed by atoms with Gasteiger partial charge in [0.25, 0.3) is 0 Å². The van der Waals surface area contributed by atoms with Crippen LogP contribution in [0.15, 0.2) is 11.8 Å². The van der Waals surface area contributed by atoms with E-state index < -0.39 is 5.97 Å². The van der Waals surface area contributed by atoms with Gasteiger partial charge in [-0.15, -0.1) is 0 Å². The first-order chi connectivity index (χ1) is 6.77. The van der Waals surface area contributed by atoms with Crippen LogP contribution in [0.5, 0.6) is 0 Å². The van der Waals surface area contributed by atoms with Gasteiger partial charge >= 0.3 is 5.97 Å². The Bertz CT molecular complexity index is 260. The summed E-state index contributed by atoms with van der Waals surface area (Å²) in [5.74, 6) is -0.776. The van der Waals surface area contributed by atoms with Crippen LogP contribution >= 0.6 is 0 Å². The maximum absolute atomic E-state index is 10.8. The number of hydrogen-bond acceptors (Lipinski definition) is 2. The summed E-state index contributed by atoms with van der Waals surface area (Å²) in [6, 6.07) is 0. The fraction of sp³-hybridized carbons (Fsp3) is 0.727.